The van der Waals surface area contributed by atoms with Crippen LogP contribution >= 0.6 is 0 Å². The van der Waals surface area contributed by atoms with Crippen LogP contribution in [-0.4, -0.2) is 18.0 Å². The molecule has 3 fully saturated rings. The van der Waals surface area contributed by atoms with Gasteiger partial charge in [-0.3, -0.25) is 4.79 Å². The maximum absolute atomic E-state index is 11.7. The average molecular weight is 236 g/mol. The fourth-order valence-electron chi connectivity index (χ4n) is 4.02. The zero-order chi connectivity index (χ0) is 11.7. The van der Waals surface area contributed by atoms with E-state index in [1.165, 1.54) is 44.9 Å². The van der Waals surface area contributed by atoms with Crippen LogP contribution in [-0.2, 0) is 9.53 Å². The van der Waals surface area contributed by atoms with Gasteiger partial charge in [-0.2, -0.15) is 0 Å². The van der Waals surface area contributed by atoms with E-state index in [4.69, 9.17) is 4.74 Å². The summed E-state index contributed by atoms with van der Waals surface area (Å²) in [7, 11) is 0. The molecule has 2 aliphatic carbocycles. The minimum atomic E-state index is 0.248. The second-order valence-electron chi connectivity index (χ2n) is 6.39. The first kappa shape index (κ1) is 11.7. The quantitative estimate of drug-likeness (QED) is 0.651. The van der Waals surface area contributed by atoms with E-state index in [0.717, 1.165) is 31.8 Å². The van der Waals surface area contributed by atoms with Crippen LogP contribution in [0.4, 0.5) is 0 Å². The standard InChI is InChI=1S/C15H24O2/c16-14-5-2-1-4-12(10-14)13-6-9-17-15(11-13)7-3-8-15/h12-13H,1-11H2. The van der Waals surface area contributed by atoms with E-state index in [2.05, 4.69) is 0 Å². The Morgan fingerprint density at radius 3 is 2.71 bits per heavy atom. The first-order valence-electron chi connectivity index (χ1n) is 7.43. The van der Waals surface area contributed by atoms with E-state index in [0.29, 0.717) is 11.7 Å². The zero-order valence-electron chi connectivity index (χ0n) is 10.7. The van der Waals surface area contributed by atoms with Crippen molar-refractivity contribution in [2.45, 2.75) is 69.8 Å². The molecule has 2 nitrogen and oxygen atoms in total. The molecule has 2 heteroatoms. The van der Waals surface area contributed by atoms with Crippen molar-refractivity contribution in [3.05, 3.63) is 0 Å². The predicted molar refractivity (Wildman–Crippen MR) is 66.8 cm³/mol. The topological polar surface area (TPSA) is 26.3 Å². The SMILES string of the molecule is O=C1CCCCC(C2CCOC3(CCC3)C2)C1. The monoisotopic (exact) mass is 236 g/mol. The van der Waals surface area contributed by atoms with Crippen molar-refractivity contribution in [3.63, 3.8) is 0 Å². The van der Waals surface area contributed by atoms with Gasteiger partial charge in [0.15, 0.2) is 0 Å². The highest BCUT2D eigenvalue weighted by Crippen LogP contribution is 2.47. The number of carbonyl (C=O) groups is 1. The molecule has 1 heterocycles. The van der Waals surface area contributed by atoms with Crippen LogP contribution in [0.5, 0.6) is 0 Å². The average Bonchev–Trinajstić information content (AvgIpc) is 2.52. The highest BCUT2D eigenvalue weighted by atomic mass is 16.5. The Bertz CT molecular complexity index is 293. The third-order valence-corrected chi connectivity index (χ3v) is 5.23. The molecule has 1 spiro atoms. The summed E-state index contributed by atoms with van der Waals surface area (Å²) >= 11 is 0. The molecule has 1 saturated heterocycles. The Morgan fingerprint density at radius 2 is 1.94 bits per heavy atom. The Morgan fingerprint density at radius 1 is 1.06 bits per heavy atom. The van der Waals surface area contributed by atoms with Crippen LogP contribution in [0.1, 0.15) is 64.2 Å². The lowest BCUT2D eigenvalue weighted by Gasteiger charge is -2.48. The molecule has 3 rings (SSSR count). The molecular weight excluding hydrogens is 212 g/mol. The van der Waals surface area contributed by atoms with Gasteiger partial charge in [0, 0.05) is 19.4 Å². The molecule has 3 aliphatic rings. The van der Waals surface area contributed by atoms with Gasteiger partial charge in [0.2, 0.25) is 0 Å². The van der Waals surface area contributed by atoms with Gasteiger partial charge in [0.05, 0.1) is 5.60 Å². The van der Waals surface area contributed by atoms with E-state index < -0.39 is 0 Å². The smallest absolute Gasteiger partial charge is 0.133 e. The van der Waals surface area contributed by atoms with Gasteiger partial charge in [-0.05, 0) is 56.8 Å². The van der Waals surface area contributed by atoms with Crippen LogP contribution in [0, 0.1) is 11.8 Å². The summed E-state index contributed by atoms with van der Waals surface area (Å²) in [6, 6.07) is 0. The molecule has 0 aromatic carbocycles. The summed E-state index contributed by atoms with van der Waals surface area (Å²) in [5, 5.41) is 0. The highest BCUT2D eigenvalue weighted by molar-refractivity contribution is 5.78. The van der Waals surface area contributed by atoms with Gasteiger partial charge in [-0.25, -0.2) is 0 Å². The van der Waals surface area contributed by atoms with Gasteiger partial charge in [-0.1, -0.05) is 6.42 Å². The van der Waals surface area contributed by atoms with Crippen LogP contribution in [0.2, 0.25) is 0 Å². The largest absolute Gasteiger partial charge is 0.375 e. The normalized spacial score (nSPS) is 37.5. The molecule has 96 valence electrons. The van der Waals surface area contributed by atoms with Crippen molar-refractivity contribution in [2.24, 2.45) is 11.8 Å². The molecule has 1 aliphatic heterocycles. The maximum atomic E-state index is 11.7. The minimum absolute atomic E-state index is 0.248. The number of carbonyl (C=O) groups excluding carboxylic acids is 1. The fourth-order valence-corrected chi connectivity index (χ4v) is 4.02. The number of ether oxygens (including phenoxy) is 1. The van der Waals surface area contributed by atoms with E-state index in [1.807, 2.05) is 0 Å². The molecule has 2 unspecified atom stereocenters. The van der Waals surface area contributed by atoms with Crippen LogP contribution in [0.15, 0.2) is 0 Å². The lowest BCUT2D eigenvalue weighted by atomic mass is 9.68. The van der Waals surface area contributed by atoms with Crippen molar-refractivity contribution in [3.8, 4) is 0 Å². The number of rotatable bonds is 1. The van der Waals surface area contributed by atoms with Crippen LogP contribution in [0.25, 0.3) is 0 Å². The van der Waals surface area contributed by atoms with Gasteiger partial charge in [-0.15, -0.1) is 0 Å². The Labute approximate surface area is 104 Å². The molecule has 0 N–H and O–H groups in total. The number of Topliss-reactive ketones (excluding diaryl/α,β-unsaturated/α-hetero) is 1. The number of hydrogen-bond acceptors (Lipinski definition) is 2. The molecule has 2 atom stereocenters. The summed E-state index contributed by atoms with van der Waals surface area (Å²) in [6.45, 7) is 0.940. The second-order valence-corrected chi connectivity index (χ2v) is 6.39. The summed E-state index contributed by atoms with van der Waals surface area (Å²) in [5.41, 5.74) is 0.248. The van der Waals surface area contributed by atoms with Crippen LogP contribution in [0.3, 0.4) is 0 Å². The lowest BCUT2D eigenvalue weighted by molar-refractivity contribution is -0.151. The molecule has 17 heavy (non-hydrogen) atoms. The van der Waals surface area contributed by atoms with E-state index in [9.17, 15) is 4.79 Å². The number of hydrogen-bond donors (Lipinski definition) is 0. The van der Waals surface area contributed by atoms with Gasteiger partial charge < -0.3 is 4.74 Å². The van der Waals surface area contributed by atoms with Crippen molar-refractivity contribution < 1.29 is 9.53 Å². The molecule has 0 aromatic heterocycles. The maximum Gasteiger partial charge on any atom is 0.133 e. The predicted octanol–water partition coefficient (Wildman–Crippen LogP) is 3.49. The highest BCUT2D eigenvalue weighted by Gasteiger charge is 2.44. The molecule has 0 amide bonds. The summed E-state index contributed by atoms with van der Waals surface area (Å²) in [4.78, 5) is 11.7. The van der Waals surface area contributed by atoms with E-state index in [1.54, 1.807) is 0 Å². The Hall–Kier alpha value is -0.370. The van der Waals surface area contributed by atoms with Crippen molar-refractivity contribution in [1.29, 1.82) is 0 Å². The van der Waals surface area contributed by atoms with Crippen LogP contribution < -0.4 is 0 Å². The van der Waals surface area contributed by atoms with Crippen molar-refractivity contribution in [1.82, 2.24) is 0 Å². The summed E-state index contributed by atoms with van der Waals surface area (Å²) in [6.07, 6.45) is 11.7. The molecular formula is C15H24O2. The van der Waals surface area contributed by atoms with Gasteiger partial charge in [0.1, 0.15) is 5.78 Å². The Kier molecular flexibility index (Phi) is 3.25. The lowest BCUT2D eigenvalue weighted by Crippen LogP contribution is -2.47. The third kappa shape index (κ3) is 2.42. The zero-order valence-corrected chi connectivity index (χ0v) is 10.7. The van der Waals surface area contributed by atoms with Gasteiger partial charge >= 0.3 is 0 Å². The van der Waals surface area contributed by atoms with Gasteiger partial charge in [0.25, 0.3) is 0 Å². The first-order chi connectivity index (χ1) is 8.27. The molecule has 0 radical (unpaired) electrons. The van der Waals surface area contributed by atoms with Crippen molar-refractivity contribution in [2.75, 3.05) is 6.61 Å². The molecule has 0 aromatic rings. The number of ketones is 1. The molecule has 0 bridgehead atoms. The first-order valence-corrected chi connectivity index (χ1v) is 7.43. The second kappa shape index (κ2) is 4.72. The van der Waals surface area contributed by atoms with E-state index >= 15 is 0 Å². The minimum Gasteiger partial charge on any atom is -0.375 e. The summed E-state index contributed by atoms with van der Waals surface area (Å²) in [5.74, 6) is 1.96. The van der Waals surface area contributed by atoms with E-state index in [-0.39, 0.29) is 5.60 Å². The summed E-state index contributed by atoms with van der Waals surface area (Å²) < 4.78 is 6.00. The Balaban J connectivity index is 1.64. The third-order valence-electron chi connectivity index (χ3n) is 5.23. The fraction of sp³-hybridized carbons (Fsp3) is 0.933. The van der Waals surface area contributed by atoms with Crippen molar-refractivity contribution >= 4 is 5.78 Å². The molecule has 2 saturated carbocycles.